The summed E-state index contributed by atoms with van der Waals surface area (Å²) in [6, 6.07) is 0. The number of Topliss-reactive ketones (excluding diaryl/α,β-unsaturated/α-hetero) is 2. The van der Waals surface area contributed by atoms with E-state index < -0.39 is 0 Å². The molecule has 4 rings (SSSR count). The molecule has 196 valence electrons. The molecule has 0 bridgehead atoms. The highest BCUT2D eigenvalue weighted by Crippen LogP contribution is 2.15. The van der Waals surface area contributed by atoms with Gasteiger partial charge >= 0.3 is 12.2 Å². The summed E-state index contributed by atoms with van der Waals surface area (Å²) >= 11 is 0. The van der Waals surface area contributed by atoms with Crippen LogP contribution in [0.3, 0.4) is 0 Å². The van der Waals surface area contributed by atoms with Crippen molar-refractivity contribution in [1.82, 2.24) is 19.8 Å². The predicted molar refractivity (Wildman–Crippen MR) is 132 cm³/mol. The third kappa shape index (κ3) is 8.31. The summed E-state index contributed by atoms with van der Waals surface area (Å²) in [6.45, 7) is 6.38. The fourth-order valence-corrected chi connectivity index (χ4v) is 4.02. The first-order chi connectivity index (χ1) is 17.3. The molecule has 1 aromatic rings. The van der Waals surface area contributed by atoms with Crippen molar-refractivity contribution in [3.05, 3.63) is 29.5 Å². The number of hydrogen-bond acceptors (Lipinski definition) is 8. The molecule has 3 aliphatic rings. The Bertz CT molecular complexity index is 1000. The van der Waals surface area contributed by atoms with Crippen LogP contribution in [0.25, 0.3) is 0 Å². The number of nitrogens with one attached hydrogen (secondary N) is 1. The smallest absolute Gasteiger partial charge is 0.410 e. The summed E-state index contributed by atoms with van der Waals surface area (Å²) in [5, 5.41) is 0. The standard InChI is InChI=1S/C13H18N2O3.C12H17N3O3/c1-10(16)12-7-11(8-14-12)9-18-13(17)15-5-3-2-4-6-15;1-9(16)11-13-7-10(14-11)8-18-12(17)15-5-3-2-4-6-15/h8H,2-7,9H2,1H3;7H,2-6,8H2,1H3,(H,13,14). The van der Waals surface area contributed by atoms with Crippen molar-refractivity contribution in [2.24, 2.45) is 4.99 Å². The molecule has 11 heteroatoms. The molecule has 0 saturated carbocycles. The molecule has 3 aliphatic heterocycles. The van der Waals surface area contributed by atoms with Crippen LogP contribution < -0.4 is 0 Å². The number of ketones is 2. The number of carbonyl (C=O) groups excluding carboxylic acids is 4. The van der Waals surface area contributed by atoms with E-state index >= 15 is 0 Å². The van der Waals surface area contributed by atoms with Crippen molar-refractivity contribution >= 4 is 29.5 Å². The average Bonchev–Trinajstić information content (AvgIpc) is 3.58. The minimum absolute atomic E-state index is 0.0244. The number of carbonyl (C=O) groups is 4. The topological polar surface area (TPSA) is 134 Å². The molecule has 0 unspecified atom stereocenters. The molecule has 1 aromatic heterocycles. The molecular formula is C25H35N5O6. The summed E-state index contributed by atoms with van der Waals surface area (Å²) in [5.74, 6) is 0.131. The van der Waals surface area contributed by atoms with E-state index in [4.69, 9.17) is 9.47 Å². The summed E-state index contributed by atoms with van der Waals surface area (Å²) in [4.78, 5) is 59.8. The van der Waals surface area contributed by atoms with Crippen molar-refractivity contribution in [3.8, 4) is 0 Å². The number of likely N-dealkylation sites (tertiary alicyclic amines) is 2. The van der Waals surface area contributed by atoms with Gasteiger partial charge in [-0.25, -0.2) is 14.6 Å². The third-order valence-corrected chi connectivity index (χ3v) is 6.13. The molecule has 36 heavy (non-hydrogen) atoms. The van der Waals surface area contributed by atoms with Gasteiger partial charge in [0, 0.05) is 52.6 Å². The maximum Gasteiger partial charge on any atom is 0.410 e. The van der Waals surface area contributed by atoms with Crippen molar-refractivity contribution in [2.75, 3.05) is 32.8 Å². The van der Waals surface area contributed by atoms with Crippen molar-refractivity contribution in [2.45, 2.75) is 65.4 Å². The van der Waals surface area contributed by atoms with Crippen LogP contribution in [-0.2, 0) is 20.9 Å². The van der Waals surface area contributed by atoms with Gasteiger partial charge in [-0.3, -0.25) is 14.6 Å². The van der Waals surface area contributed by atoms with Gasteiger partial charge in [0.25, 0.3) is 0 Å². The first kappa shape index (κ1) is 27.1. The predicted octanol–water partition coefficient (Wildman–Crippen LogP) is 3.66. The molecule has 0 aliphatic carbocycles. The van der Waals surface area contributed by atoms with E-state index in [0.717, 1.165) is 57.4 Å². The molecular weight excluding hydrogens is 466 g/mol. The van der Waals surface area contributed by atoms with E-state index in [2.05, 4.69) is 15.0 Å². The Labute approximate surface area is 210 Å². The van der Waals surface area contributed by atoms with Gasteiger partial charge in [-0.15, -0.1) is 0 Å². The average molecular weight is 502 g/mol. The second kappa shape index (κ2) is 13.6. The Morgan fingerprint density at radius 3 is 1.86 bits per heavy atom. The number of aliphatic imine (C=N–C) groups is 1. The van der Waals surface area contributed by atoms with E-state index in [9.17, 15) is 19.2 Å². The lowest BCUT2D eigenvalue weighted by molar-refractivity contribution is -0.111. The summed E-state index contributed by atoms with van der Waals surface area (Å²) in [5.41, 5.74) is 2.05. The fraction of sp³-hybridized carbons (Fsp3) is 0.600. The van der Waals surface area contributed by atoms with Crippen LogP contribution in [0.2, 0.25) is 0 Å². The number of rotatable bonds is 6. The van der Waals surface area contributed by atoms with E-state index in [-0.39, 0.29) is 37.0 Å². The first-order valence-electron chi connectivity index (χ1n) is 12.5. The highest BCUT2D eigenvalue weighted by atomic mass is 16.6. The number of nitrogens with zero attached hydrogens (tertiary/aromatic N) is 4. The third-order valence-electron chi connectivity index (χ3n) is 6.13. The van der Waals surface area contributed by atoms with Crippen molar-refractivity contribution in [3.63, 3.8) is 0 Å². The maximum absolute atomic E-state index is 11.7. The molecule has 11 nitrogen and oxygen atoms in total. The Balaban J connectivity index is 0.000000201. The minimum atomic E-state index is -0.298. The number of aromatic amines is 1. The van der Waals surface area contributed by atoms with Crippen molar-refractivity contribution in [1.29, 1.82) is 0 Å². The van der Waals surface area contributed by atoms with Crippen LogP contribution in [0.4, 0.5) is 9.59 Å². The quantitative estimate of drug-likeness (QED) is 0.588. The Kier molecular flexibility index (Phi) is 10.2. The lowest BCUT2D eigenvalue weighted by Crippen LogP contribution is -2.36. The van der Waals surface area contributed by atoms with Crippen LogP contribution >= 0.6 is 0 Å². The molecule has 1 N–H and O–H groups in total. The molecule has 0 radical (unpaired) electrons. The van der Waals surface area contributed by atoms with Crippen molar-refractivity contribution < 1.29 is 28.7 Å². The van der Waals surface area contributed by atoms with Crippen LogP contribution in [-0.4, -0.2) is 82.0 Å². The summed E-state index contributed by atoms with van der Waals surface area (Å²) in [7, 11) is 0. The monoisotopic (exact) mass is 501 g/mol. The van der Waals surface area contributed by atoms with Gasteiger partial charge in [-0.2, -0.15) is 0 Å². The van der Waals surface area contributed by atoms with E-state index in [0.29, 0.717) is 23.7 Å². The number of piperidine rings is 2. The summed E-state index contributed by atoms with van der Waals surface area (Å²) < 4.78 is 10.4. The van der Waals surface area contributed by atoms with Crippen LogP contribution in [0.5, 0.6) is 0 Å². The molecule has 2 saturated heterocycles. The number of aromatic nitrogens is 2. The number of amides is 2. The highest BCUT2D eigenvalue weighted by Gasteiger charge is 2.20. The number of ether oxygens (including phenoxy) is 2. The van der Waals surface area contributed by atoms with Crippen LogP contribution in [0.1, 0.15) is 75.1 Å². The molecule has 0 spiro atoms. The maximum atomic E-state index is 11.7. The second-order valence-electron chi connectivity index (χ2n) is 9.11. The Morgan fingerprint density at radius 2 is 1.39 bits per heavy atom. The van der Waals surface area contributed by atoms with Gasteiger partial charge in [-0.05, 0) is 44.1 Å². The lowest BCUT2D eigenvalue weighted by atomic mass is 10.1. The SMILES string of the molecule is CC(=O)C1=NC=C(COC(=O)N2CCCCC2)C1.CC(=O)c1ncc(COC(=O)N2CCCCC2)[nH]1. The largest absolute Gasteiger partial charge is 0.445 e. The lowest BCUT2D eigenvalue weighted by Gasteiger charge is -2.25. The number of H-pyrrole nitrogens is 1. The van der Waals surface area contributed by atoms with Gasteiger partial charge < -0.3 is 24.3 Å². The molecule has 0 aromatic carbocycles. The minimum Gasteiger partial charge on any atom is -0.445 e. The highest BCUT2D eigenvalue weighted by molar-refractivity contribution is 6.40. The van der Waals surface area contributed by atoms with Crippen LogP contribution in [0, 0.1) is 0 Å². The summed E-state index contributed by atoms with van der Waals surface area (Å²) in [6.07, 6.45) is 9.62. The van der Waals surface area contributed by atoms with Gasteiger partial charge in [0.2, 0.25) is 0 Å². The van der Waals surface area contributed by atoms with Gasteiger partial charge in [0.15, 0.2) is 17.4 Å². The van der Waals surface area contributed by atoms with E-state index in [1.807, 2.05) is 0 Å². The second-order valence-corrected chi connectivity index (χ2v) is 9.11. The molecule has 2 fully saturated rings. The Hall–Kier alpha value is -3.50. The van der Waals surface area contributed by atoms with Crippen LogP contribution in [0.15, 0.2) is 23.0 Å². The van der Waals surface area contributed by atoms with Gasteiger partial charge in [0.1, 0.15) is 13.2 Å². The number of hydrogen-bond donors (Lipinski definition) is 1. The van der Waals surface area contributed by atoms with Gasteiger partial charge in [-0.1, -0.05) is 0 Å². The zero-order valence-corrected chi connectivity index (χ0v) is 21.1. The molecule has 2 amide bonds. The normalized spacial score (nSPS) is 17.4. The Morgan fingerprint density at radius 1 is 0.833 bits per heavy atom. The zero-order valence-electron chi connectivity index (χ0n) is 21.1. The first-order valence-corrected chi connectivity index (χ1v) is 12.5. The zero-order chi connectivity index (χ0) is 25.9. The van der Waals surface area contributed by atoms with Gasteiger partial charge in [0.05, 0.1) is 17.6 Å². The molecule has 0 atom stereocenters. The molecule has 4 heterocycles. The van der Waals surface area contributed by atoms with E-state index in [1.54, 1.807) is 16.0 Å². The fourth-order valence-electron chi connectivity index (χ4n) is 4.02. The van der Waals surface area contributed by atoms with E-state index in [1.165, 1.54) is 32.9 Å². The number of imidazole rings is 1.